The van der Waals surface area contributed by atoms with E-state index in [1.165, 1.54) is 6.42 Å². The Morgan fingerprint density at radius 2 is 2.00 bits per heavy atom. The molecule has 7 heteroatoms. The second-order valence-electron chi connectivity index (χ2n) is 9.04. The maximum absolute atomic E-state index is 12.8. The van der Waals surface area contributed by atoms with E-state index < -0.39 is 5.97 Å². The maximum Gasteiger partial charge on any atom is 0.338 e. The topological polar surface area (TPSA) is 90.3 Å². The highest BCUT2D eigenvalue weighted by atomic mass is 16.5. The minimum absolute atomic E-state index is 0.0583. The molecule has 0 bridgehead atoms. The summed E-state index contributed by atoms with van der Waals surface area (Å²) in [5.74, 6) is 0.900. The van der Waals surface area contributed by atoms with Crippen LogP contribution in [0.3, 0.4) is 0 Å². The molecule has 1 aromatic heterocycles. The van der Waals surface area contributed by atoms with E-state index in [1.54, 1.807) is 22.8 Å². The Balaban J connectivity index is 1.43. The van der Waals surface area contributed by atoms with E-state index >= 15 is 0 Å². The predicted molar refractivity (Wildman–Crippen MR) is 118 cm³/mol. The number of aromatic nitrogens is 2. The molecule has 1 aromatic carbocycles. The summed E-state index contributed by atoms with van der Waals surface area (Å²) in [6.07, 6.45) is 7.07. The number of rotatable bonds is 4. The second-order valence-corrected chi connectivity index (χ2v) is 9.04. The van der Waals surface area contributed by atoms with E-state index in [0.29, 0.717) is 34.8 Å². The number of fused-ring (bicyclic) bond motifs is 2. The molecule has 2 aliphatic rings. The lowest BCUT2D eigenvalue weighted by Crippen LogP contribution is -2.45. The lowest BCUT2D eigenvalue weighted by molar-refractivity contribution is -0.125. The Morgan fingerprint density at radius 1 is 1.16 bits per heavy atom. The third-order valence-electron chi connectivity index (χ3n) is 6.94. The number of carbonyl (C=O) groups is 2. The van der Waals surface area contributed by atoms with Crippen LogP contribution in [-0.2, 0) is 22.5 Å². The molecule has 1 aliphatic carbocycles. The van der Waals surface area contributed by atoms with Gasteiger partial charge >= 0.3 is 5.97 Å². The molecule has 0 radical (unpaired) electrons. The highest BCUT2D eigenvalue weighted by Gasteiger charge is 2.28. The fraction of sp³-hybridized carbons (Fsp3) is 0.583. The quantitative estimate of drug-likeness (QED) is 0.760. The van der Waals surface area contributed by atoms with Gasteiger partial charge in [0.1, 0.15) is 5.82 Å². The van der Waals surface area contributed by atoms with Crippen LogP contribution in [0.5, 0.6) is 0 Å². The molecular formula is C24H31N3O4. The fourth-order valence-corrected chi connectivity index (χ4v) is 4.79. The first-order valence-electron chi connectivity index (χ1n) is 11.4. The van der Waals surface area contributed by atoms with E-state index in [-0.39, 0.29) is 24.1 Å². The van der Waals surface area contributed by atoms with Crippen LogP contribution in [0.2, 0.25) is 0 Å². The van der Waals surface area contributed by atoms with Crippen LogP contribution in [0.1, 0.15) is 68.6 Å². The number of nitrogens with zero attached hydrogens (tertiary/aromatic N) is 2. The summed E-state index contributed by atoms with van der Waals surface area (Å²) in [4.78, 5) is 42.3. The molecule has 0 saturated heterocycles. The predicted octanol–water partition coefficient (Wildman–Crippen LogP) is 3.22. The smallest absolute Gasteiger partial charge is 0.338 e. The molecular weight excluding hydrogens is 394 g/mol. The van der Waals surface area contributed by atoms with Crippen molar-refractivity contribution < 1.29 is 14.3 Å². The number of aryl methyl sites for hydroxylation is 1. The Bertz CT molecular complexity index is 1050. The highest BCUT2D eigenvalue weighted by molar-refractivity contribution is 5.95. The van der Waals surface area contributed by atoms with Crippen molar-refractivity contribution in [3.8, 4) is 0 Å². The Morgan fingerprint density at radius 3 is 2.84 bits per heavy atom. The van der Waals surface area contributed by atoms with Gasteiger partial charge in [0, 0.05) is 19.0 Å². The summed E-state index contributed by atoms with van der Waals surface area (Å²) < 4.78 is 7.00. The SMILES string of the molecule is C[C@@H]1[C@H](C)CCC[C@@H]1NC(=O)COC(=O)c1ccc2c(=O)n3c(nc2c1)CCCCC3. The first kappa shape index (κ1) is 21.5. The van der Waals surface area contributed by atoms with Crippen molar-refractivity contribution in [3.05, 3.63) is 39.9 Å². The van der Waals surface area contributed by atoms with Gasteiger partial charge in [0.15, 0.2) is 6.61 Å². The lowest BCUT2D eigenvalue weighted by Gasteiger charge is -2.34. The van der Waals surface area contributed by atoms with Crippen molar-refractivity contribution >= 4 is 22.8 Å². The van der Waals surface area contributed by atoms with Crippen LogP contribution < -0.4 is 10.9 Å². The first-order chi connectivity index (χ1) is 14.9. The highest BCUT2D eigenvalue weighted by Crippen LogP contribution is 2.29. The zero-order chi connectivity index (χ0) is 22.0. The molecule has 3 atom stereocenters. The number of amides is 1. The van der Waals surface area contributed by atoms with Crippen molar-refractivity contribution in [1.82, 2.24) is 14.9 Å². The molecule has 1 amide bonds. The van der Waals surface area contributed by atoms with E-state index in [2.05, 4.69) is 24.1 Å². The summed E-state index contributed by atoms with van der Waals surface area (Å²) in [6, 6.07) is 4.92. The average Bonchev–Trinajstić information content (AvgIpc) is 3.01. The Kier molecular flexibility index (Phi) is 6.39. The summed E-state index contributed by atoms with van der Waals surface area (Å²) in [7, 11) is 0. The van der Waals surface area contributed by atoms with Crippen molar-refractivity contribution in [1.29, 1.82) is 0 Å². The van der Waals surface area contributed by atoms with Gasteiger partial charge in [-0.2, -0.15) is 0 Å². The third kappa shape index (κ3) is 4.65. The van der Waals surface area contributed by atoms with Crippen molar-refractivity contribution in [3.63, 3.8) is 0 Å². The van der Waals surface area contributed by atoms with Gasteiger partial charge in [-0.1, -0.05) is 33.1 Å². The maximum atomic E-state index is 12.8. The van der Waals surface area contributed by atoms with Gasteiger partial charge in [-0.3, -0.25) is 14.2 Å². The van der Waals surface area contributed by atoms with E-state index in [9.17, 15) is 14.4 Å². The minimum Gasteiger partial charge on any atom is -0.452 e. The number of esters is 1. The standard InChI is InChI=1S/C24H31N3O4/c1-15-7-6-8-19(16(15)2)26-22(28)14-31-24(30)17-10-11-18-20(13-17)25-21-9-4-3-5-12-27(21)23(18)29/h10-11,13,15-16,19H,3-9,12,14H2,1-2H3,(H,26,28)/t15-,16-,19+/m1/s1. The zero-order valence-electron chi connectivity index (χ0n) is 18.4. The molecule has 1 saturated carbocycles. The van der Waals surface area contributed by atoms with Crippen LogP contribution in [0.15, 0.2) is 23.0 Å². The molecule has 1 fully saturated rings. The monoisotopic (exact) mass is 425 g/mol. The zero-order valence-corrected chi connectivity index (χ0v) is 18.4. The van der Waals surface area contributed by atoms with Gasteiger partial charge in [0.05, 0.1) is 16.5 Å². The van der Waals surface area contributed by atoms with Crippen LogP contribution >= 0.6 is 0 Å². The van der Waals surface area contributed by atoms with Crippen molar-refractivity contribution in [2.45, 2.75) is 71.4 Å². The third-order valence-corrected chi connectivity index (χ3v) is 6.94. The normalized spacial score (nSPS) is 23.6. The number of carbonyl (C=O) groups excluding carboxylic acids is 2. The molecule has 31 heavy (non-hydrogen) atoms. The van der Waals surface area contributed by atoms with Gasteiger partial charge in [-0.15, -0.1) is 0 Å². The summed E-state index contributed by atoms with van der Waals surface area (Å²) in [5.41, 5.74) is 0.740. The molecule has 166 valence electrons. The fourth-order valence-electron chi connectivity index (χ4n) is 4.79. The largest absolute Gasteiger partial charge is 0.452 e. The molecule has 2 heterocycles. The Hall–Kier alpha value is -2.70. The van der Waals surface area contributed by atoms with E-state index in [0.717, 1.165) is 44.3 Å². The molecule has 0 unspecified atom stereocenters. The van der Waals surface area contributed by atoms with Gasteiger partial charge in [-0.05, 0) is 49.3 Å². The summed E-state index contributed by atoms with van der Waals surface area (Å²) >= 11 is 0. The van der Waals surface area contributed by atoms with Crippen LogP contribution in [0.4, 0.5) is 0 Å². The molecule has 1 aliphatic heterocycles. The number of ether oxygens (including phenoxy) is 1. The molecule has 2 aromatic rings. The summed E-state index contributed by atoms with van der Waals surface area (Å²) in [6.45, 7) is 4.75. The first-order valence-corrected chi connectivity index (χ1v) is 11.4. The van der Waals surface area contributed by atoms with Crippen LogP contribution in [0, 0.1) is 11.8 Å². The van der Waals surface area contributed by atoms with Gasteiger partial charge < -0.3 is 10.1 Å². The van der Waals surface area contributed by atoms with Gasteiger partial charge in [-0.25, -0.2) is 9.78 Å². The number of hydrogen-bond acceptors (Lipinski definition) is 5. The van der Waals surface area contributed by atoms with Gasteiger partial charge in [0.2, 0.25) is 0 Å². The number of hydrogen-bond donors (Lipinski definition) is 1. The average molecular weight is 426 g/mol. The second kappa shape index (κ2) is 9.20. The van der Waals surface area contributed by atoms with Gasteiger partial charge in [0.25, 0.3) is 11.5 Å². The molecule has 0 spiro atoms. The van der Waals surface area contributed by atoms with Crippen LogP contribution in [-0.4, -0.2) is 34.1 Å². The van der Waals surface area contributed by atoms with Crippen molar-refractivity contribution in [2.75, 3.05) is 6.61 Å². The molecule has 1 N–H and O–H groups in total. The lowest BCUT2D eigenvalue weighted by atomic mass is 9.78. The van der Waals surface area contributed by atoms with Crippen molar-refractivity contribution in [2.24, 2.45) is 11.8 Å². The molecule has 7 nitrogen and oxygen atoms in total. The molecule has 4 rings (SSSR count). The van der Waals surface area contributed by atoms with Crippen LogP contribution in [0.25, 0.3) is 10.9 Å². The van der Waals surface area contributed by atoms with E-state index in [1.807, 2.05) is 0 Å². The Labute approximate surface area is 182 Å². The van der Waals surface area contributed by atoms with E-state index in [4.69, 9.17) is 4.74 Å². The minimum atomic E-state index is -0.584. The number of benzene rings is 1. The number of nitrogens with one attached hydrogen (secondary N) is 1. The summed E-state index contributed by atoms with van der Waals surface area (Å²) in [5, 5.41) is 3.51.